The highest BCUT2D eigenvalue weighted by atomic mass is 127. The summed E-state index contributed by atoms with van der Waals surface area (Å²) in [4.78, 5) is 11.3. The first-order chi connectivity index (χ1) is 6.76. The van der Waals surface area contributed by atoms with E-state index in [4.69, 9.17) is 9.47 Å². The predicted octanol–water partition coefficient (Wildman–Crippen LogP) is 1.58. The smallest absolute Gasteiger partial charge is 0.321 e. The van der Waals surface area contributed by atoms with Gasteiger partial charge in [-0.3, -0.25) is 0 Å². The van der Waals surface area contributed by atoms with Crippen LogP contribution in [-0.4, -0.2) is 29.2 Å². The molecule has 0 saturated carbocycles. The normalized spacial score (nSPS) is 10.5. The number of rotatable bonds is 2. The number of halogens is 1. The molecular weight excluding hydrogens is 297 g/mol. The summed E-state index contributed by atoms with van der Waals surface area (Å²) in [5.74, 6) is 0.525. The summed E-state index contributed by atoms with van der Waals surface area (Å²) >= 11 is 2.19. The van der Waals surface area contributed by atoms with Gasteiger partial charge in [0.25, 0.3) is 0 Å². The molecule has 5 nitrogen and oxygen atoms in total. The van der Waals surface area contributed by atoms with Gasteiger partial charge in [0.1, 0.15) is 5.65 Å². The second-order valence-corrected chi connectivity index (χ2v) is 3.74. The molecule has 0 aromatic carbocycles. The van der Waals surface area contributed by atoms with Crippen LogP contribution in [0, 0.1) is 3.57 Å². The maximum atomic E-state index is 5.15. The summed E-state index contributed by atoms with van der Waals surface area (Å²) in [5, 5.41) is 0.883. The van der Waals surface area contributed by atoms with Gasteiger partial charge in [0, 0.05) is 9.77 Å². The minimum atomic E-state index is 0.299. The number of nitrogens with zero attached hydrogens (tertiary/aromatic N) is 2. The van der Waals surface area contributed by atoms with E-state index in [1.807, 2.05) is 6.20 Å². The molecule has 0 fully saturated rings. The number of methoxy groups -OCH3 is 2. The molecule has 6 heteroatoms. The molecule has 74 valence electrons. The first kappa shape index (κ1) is 9.50. The molecule has 0 atom stereocenters. The van der Waals surface area contributed by atoms with Gasteiger partial charge in [-0.25, -0.2) is 0 Å². The van der Waals surface area contributed by atoms with Gasteiger partial charge in [-0.05, 0) is 22.6 Å². The van der Waals surface area contributed by atoms with E-state index < -0.39 is 0 Å². The highest BCUT2D eigenvalue weighted by Gasteiger charge is 2.12. The molecule has 0 unspecified atom stereocenters. The average molecular weight is 305 g/mol. The minimum Gasteiger partial charge on any atom is -0.480 e. The first-order valence-electron chi connectivity index (χ1n) is 3.89. The van der Waals surface area contributed by atoms with Crippen molar-refractivity contribution in [2.24, 2.45) is 0 Å². The second-order valence-electron chi connectivity index (χ2n) is 2.58. The molecule has 0 aliphatic rings. The van der Waals surface area contributed by atoms with Crippen molar-refractivity contribution < 1.29 is 9.47 Å². The molecule has 2 heterocycles. The van der Waals surface area contributed by atoms with E-state index in [9.17, 15) is 0 Å². The van der Waals surface area contributed by atoms with Crippen LogP contribution >= 0.6 is 22.6 Å². The Morgan fingerprint density at radius 2 is 2.07 bits per heavy atom. The molecule has 0 spiro atoms. The summed E-state index contributed by atoms with van der Waals surface area (Å²) in [7, 11) is 3.10. The van der Waals surface area contributed by atoms with E-state index >= 15 is 0 Å². The standard InChI is InChI=1S/C8H8IN3O2/c1-13-7-5-4(9)3-10-6(5)11-8(12-7)14-2/h3H,1-2H3,(H,10,11,12). The van der Waals surface area contributed by atoms with Crippen LogP contribution in [0.2, 0.25) is 0 Å². The number of H-pyrrole nitrogens is 1. The zero-order chi connectivity index (χ0) is 10.1. The summed E-state index contributed by atoms with van der Waals surface area (Å²) < 4.78 is 11.1. The fourth-order valence-corrected chi connectivity index (χ4v) is 1.83. The van der Waals surface area contributed by atoms with Crippen LogP contribution in [0.3, 0.4) is 0 Å². The summed E-state index contributed by atoms with van der Waals surface area (Å²) in [6.07, 6.45) is 1.85. The summed E-state index contributed by atoms with van der Waals surface area (Å²) in [6.45, 7) is 0. The lowest BCUT2D eigenvalue weighted by atomic mass is 10.4. The highest BCUT2D eigenvalue weighted by Crippen LogP contribution is 2.28. The molecule has 2 aromatic heterocycles. The Balaban J connectivity index is 2.76. The molecule has 0 bridgehead atoms. The summed E-state index contributed by atoms with van der Waals surface area (Å²) in [6, 6.07) is 0.299. The van der Waals surface area contributed by atoms with Gasteiger partial charge in [0.15, 0.2) is 0 Å². The third kappa shape index (κ3) is 1.39. The number of aromatic amines is 1. The van der Waals surface area contributed by atoms with Crippen molar-refractivity contribution in [3.8, 4) is 11.9 Å². The van der Waals surface area contributed by atoms with Crippen LogP contribution in [0.4, 0.5) is 0 Å². The fraction of sp³-hybridized carbons (Fsp3) is 0.250. The second kappa shape index (κ2) is 3.60. The molecule has 0 aliphatic heterocycles. The van der Waals surface area contributed by atoms with Crippen molar-refractivity contribution in [1.82, 2.24) is 15.0 Å². The van der Waals surface area contributed by atoms with Crippen LogP contribution in [-0.2, 0) is 0 Å². The quantitative estimate of drug-likeness (QED) is 0.856. The van der Waals surface area contributed by atoms with Crippen LogP contribution in [0.15, 0.2) is 6.20 Å². The zero-order valence-electron chi connectivity index (χ0n) is 7.67. The maximum absolute atomic E-state index is 5.15. The number of aromatic nitrogens is 3. The SMILES string of the molecule is COc1nc(OC)c2c(I)c[nH]c2n1. The van der Waals surface area contributed by atoms with Crippen molar-refractivity contribution >= 4 is 33.6 Å². The van der Waals surface area contributed by atoms with E-state index in [2.05, 4.69) is 37.5 Å². The molecule has 0 amide bonds. The number of ether oxygens (including phenoxy) is 2. The van der Waals surface area contributed by atoms with E-state index in [0.29, 0.717) is 11.9 Å². The molecule has 0 saturated heterocycles. The highest BCUT2D eigenvalue weighted by molar-refractivity contribution is 14.1. The lowest BCUT2D eigenvalue weighted by Crippen LogP contribution is -1.96. The summed E-state index contributed by atoms with van der Waals surface area (Å²) in [5.41, 5.74) is 0.720. The predicted molar refractivity (Wildman–Crippen MR) is 59.7 cm³/mol. The van der Waals surface area contributed by atoms with Crippen LogP contribution < -0.4 is 9.47 Å². The minimum absolute atomic E-state index is 0.299. The molecule has 2 rings (SSSR count). The van der Waals surface area contributed by atoms with E-state index in [1.54, 1.807) is 7.11 Å². The molecule has 1 N–H and O–H groups in total. The molecule has 2 aromatic rings. The van der Waals surface area contributed by atoms with Crippen molar-refractivity contribution in [3.63, 3.8) is 0 Å². The van der Waals surface area contributed by atoms with Gasteiger partial charge < -0.3 is 14.5 Å². The molecule has 0 aliphatic carbocycles. The lowest BCUT2D eigenvalue weighted by molar-refractivity contribution is 0.356. The van der Waals surface area contributed by atoms with Gasteiger partial charge in [0.05, 0.1) is 19.6 Å². The van der Waals surface area contributed by atoms with Crippen LogP contribution in [0.25, 0.3) is 11.0 Å². The van der Waals surface area contributed by atoms with Crippen LogP contribution in [0.1, 0.15) is 0 Å². The first-order valence-corrected chi connectivity index (χ1v) is 4.96. The zero-order valence-corrected chi connectivity index (χ0v) is 9.82. The van der Waals surface area contributed by atoms with E-state index in [1.165, 1.54) is 7.11 Å². The van der Waals surface area contributed by atoms with Gasteiger partial charge in [-0.15, -0.1) is 0 Å². The Labute approximate surface area is 94.0 Å². The monoisotopic (exact) mass is 305 g/mol. The Hall–Kier alpha value is -1.05. The third-order valence-electron chi connectivity index (χ3n) is 1.81. The maximum Gasteiger partial charge on any atom is 0.321 e. The molecule has 14 heavy (non-hydrogen) atoms. The average Bonchev–Trinajstić information content (AvgIpc) is 2.59. The van der Waals surface area contributed by atoms with Gasteiger partial charge in [-0.2, -0.15) is 9.97 Å². The molecular formula is C8H8IN3O2. The Morgan fingerprint density at radius 1 is 1.29 bits per heavy atom. The van der Waals surface area contributed by atoms with Gasteiger partial charge in [-0.1, -0.05) is 0 Å². The Kier molecular flexibility index (Phi) is 2.44. The van der Waals surface area contributed by atoms with Crippen molar-refractivity contribution in [1.29, 1.82) is 0 Å². The topological polar surface area (TPSA) is 60.0 Å². The van der Waals surface area contributed by atoms with Crippen molar-refractivity contribution in [3.05, 3.63) is 9.77 Å². The van der Waals surface area contributed by atoms with E-state index in [-0.39, 0.29) is 0 Å². The Morgan fingerprint density at radius 3 is 2.71 bits per heavy atom. The van der Waals surface area contributed by atoms with Crippen LogP contribution in [0.5, 0.6) is 11.9 Å². The fourth-order valence-electron chi connectivity index (χ4n) is 1.18. The van der Waals surface area contributed by atoms with Crippen molar-refractivity contribution in [2.45, 2.75) is 0 Å². The number of hydrogen-bond acceptors (Lipinski definition) is 4. The lowest BCUT2D eigenvalue weighted by Gasteiger charge is -2.03. The largest absolute Gasteiger partial charge is 0.480 e. The third-order valence-corrected chi connectivity index (χ3v) is 2.66. The van der Waals surface area contributed by atoms with Gasteiger partial charge >= 0.3 is 6.01 Å². The number of nitrogens with one attached hydrogen (secondary N) is 1. The van der Waals surface area contributed by atoms with Crippen molar-refractivity contribution in [2.75, 3.05) is 14.2 Å². The molecule has 0 radical (unpaired) electrons. The number of hydrogen-bond donors (Lipinski definition) is 1. The van der Waals surface area contributed by atoms with Gasteiger partial charge in [0.2, 0.25) is 5.88 Å². The Bertz CT molecular complexity index is 469. The number of fused-ring (bicyclic) bond motifs is 1. The van der Waals surface area contributed by atoms with E-state index in [0.717, 1.165) is 14.6 Å².